The lowest BCUT2D eigenvalue weighted by molar-refractivity contribution is -0.542. The molecular weight excluding hydrogens is 256 g/mol. The second kappa shape index (κ2) is 4.46. The first-order valence-corrected chi connectivity index (χ1v) is 6.67. The fraction of sp³-hybridized carbons (Fsp3) is 0.533. The van der Waals surface area contributed by atoms with Crippen LogP contribution in [0.1, 0.15) is 44.9 Å². The van der Waals surface area contributed by atoms with Gasteiger partial charge in [-0.1, -0.05) is 34.9 Å². The summed E-state index contributed by atoms with van der Waals surface area (Å²) >= 11 is 0. The van der Waals surface area contributed by atoms with Crippen LogP contribution in [0.15, 0.2) is 24.3 Å². The molecule has 0 saturated heterocycles. The minimum atomic E-state index is -1.22. The second-order valence-corrected chi connectivity index (χ2v) is 6.38. The van der Waals surface area contributed by atoms with Crippen molar-refractivity contribution in [2.45, 2.75) is 51.8 Å². The molecule has 1 aliphatic rings. The largest absolute Gasteiger partial charge is 0.715 e. The summed E-state index contributed by atoms with van der Waals surface area (Å²) in [6.07, 6.45) is -1.22. The van der Waals surface area contributed by atoms with Crippen molar-refractivity contribution in [3.05, 3.63) is 40.6 Å². The van der Waals surface area contributed by atoms with Gasteiger partial charge in [0, 0.05) is 5.21 Å². The zero-order valence-corrected chi connectivity index (χ0v) is 12.5. The molecule has 2 rings (SSSR count). The fourth-order valence-corrected chi connectivity index (χ4v) is 2.27. The van der Waals surface area contributed by atoms with Crippen LogP contribution in [0.5, 0.6) is 0 Å². The number of amidine groups is 1. The number of hydroxylamine groups is 3. The van der Waals surface area contributed by atoms with Crippen molar-refractivity contribution in [2.75, 3.05) is 0 Å². The van der Waals surface area contributed by atoms with Crippen LogP contribution in [0.3, 0.4) is 0 Å². The van der Waals surface area contributed by atoms with Crippen LogP contribution in [0.25, 0.3) is 0 Å². The third-order valence-corrected chi connectivity index (χ3v) is 4.57. The highest BCUT2D eigenvalue weighted by Crippen LogP contribution is 2.38. The van der Waals surface area contributed by atoms with E-state index in [4.69, 9.17) is 0 Å². The molecule has 1 unspecified atom stereocenters. The lowest BCUT2D eigenvalue weighted by Crippen LogP contribution is -2.53. The Hall–Kier alpha value is -1.59. The van der Waals surface area contributed by atoms with E-state index in [1.54, 1.807) is 39.8 Å². The van der Waals surface area contributed by atoms with Crippen LogP contribution in [0.4, 0.5) is 0 Å². The molecule has 1 atom stereocenters. The molecule has 0 amide bonds. The molecule has 1 N–H and O–H groups in total. The Morgan fingerprint density at radius 1 is 1.20 bits per heavy atom. The van der Waals surface area contributed by atoms with Crippen molar-refractivity contribution in [3.63, 3.8) is 0 Å². The molecule has 0 aliphatic carbocycles. The van der Waals surface area contributed by atoms with Crippen LogP contribution < -0.4 is 0 Å². The number of nitrogens with zero attached hydrogens (tertiary/aromatic N) is 2. The van der Waals surface area contributed by atoms with Gasteiger partial charge >= 0.3 is 5.84 Å². The zero-order chi connectivity index (χ0) is 15.3. The molecule has 0 fully saturated rings. The quantitative estimate of drug-likeness (QED) is 0.665. The Morgan fingerprint density at radius 3 is 2.10 bits per heavy atom. The minimum absolute atomic E-state index is 0.149. The smallest absolute Gasteiger partial charge is 0.318 e. The number of aliphatic hydroxyl groups is 1. The molecule has 1 aromatic carbocycles. The highest BCUT2D eigenvalue weighted by atomic mass is 16.5. The third-order valence-electron chi connectivity index (χ3n) is 4.57. The zero-order valence-electron chi connectivity index (χ0n) is 12.5. The lowest BCUT2D eigenvalue weighted by Gasteiger charge is -2.32. The molecule has 1 heterocycles. The van der Waals surface area contributed by atoms with Crippen LogP contribution >= 0.6 is 0 Å². The first kappa shape index (κ1) is 14.8. The Bertz CT molecular complexity index is 547. The van der Waals surface area contributed by atoms with E-state index in [1.807, 2.05) is 19.1 Å². The molecule has 0 spiro atoms. The van der Waals surface area contributed by atoms with Gasteiger partial charge in [-0.15, -0.1) is 0 Å². The van der Waals surface area contributed by atoms with E-state index in [0.29, 0.717) is 15.4 Å². The molecule has 0 saturated carbocycles. The molecule has 0 bridgehead atoms. The van der Waals surface area contributed by atoms with E-state index in [2.05, 4.69) is 0 Å². The Balaban J connectivity index is 2.46. The van der Waals surface area contributed by atoms with Crippen molar-refractivity contribution in [1.29, 1.82) is 0 Å². The highest BCUT2D eigenvalue weighted by Gasteiger charge is 2.61. The van der Waals surface area contributed by atoms with Gasteiger partial charge in [-0.2, -0.15) is 0 Å². The summed E-state index contributed by atoms with van der Waals surface area (Å²) in [4.78, 5) is 0. The molecule has 109 valence electrons. The lowest BCUT2D eigenvalue weighted by atomic mass is 9.84. The SMILES string of the molecule is Cc1ccc(C(O)C2=[N+]([O-])C(C)(C)C(C)(C)N2[O])cc1. The van der Waals surface area contributed by atoms with Gasteiger partial charge in [0.15, 0.2) is 11.6 Å². The summed E-state index contributed by atoms with van der Waals surface area (Å²) in [5, 5.41) is 35.9. The fourth-order valence-electron chi connectivity index (χ4n) is 2.27. The monoisotopic (exact) mass is 277 g/mol. The molecule has 1 radical (unpaired) electrons. The molecule has 20 heavy (non-hydrogen) atoms. The van der Waals surface area contributed by atoms with Crippen LogP contribution in [-0.2, 0) is 5.21 Å². The standard InChI is InChI=1S/C15H21N2O3/c1-10-6-8-11(9-7-10)12(18)13-16(19)14(2,3)15(4,5)17(13)20/h6-9,12,18H,1-5H3. The van der Waals surface area contributed by atoms with Crippen LogP contribution in [0.2, 0.25) is 0 Å². The van der Waals surface area contributed by atoms with Gasteiger partial charge < -0.3 is 10.3 Å². The van der Waals surface area contributed by atoms with Gasteiger partial charge in [-0.05, 0) is 40.2 Å². The van der Waals surface area contributed by atoms with E-state index in [9.17, 15) is 15.5 Å². The first-order chi connectivity index (χ1) is 9.10. The Kier molecular flexibility index (Phi) is 3.31. The van der Waals surface area contributed by atoms with E-state index < -0.39 is 17.2 Å². The molecule has 5 nitrogen and oxygen atoms in total. The maximum Gasteiger partial charge on any atom is 0.318 e. The summed E-state index contributed by atoms with van der Waals surface area (Å²) < 4.78 is 0.643. The number of benzene rings is 1. The molecule has 5 heteroatoms. The Labute approximate surface area is 119 Å². The Morgan fingerprint density at radius 2 is 1.70 bits per heavy atom. The van der Waals surface area contributed by atoms with Crippen molar-refractivity contribution in [3.8, 4) is 0 Å². The summed E-state index contributed by atoms with van der Waals surface area (Å²) in [5.74, 6) is -0.149. The summed E-state index contributed by atoms with van der Waals surface area (Å²) in [7, 11) is 0. The number of aliphatic hydroxyl groups excluding tert-OH is 1. The van der Waals surface area contributed by atoms with Gasteiger partial charge in [-0.25, -0.2) is 0 Å². The average Bonchev–Trinajstić information content (AvgIpc) is 2.49. The van der Waals surface area contributed by atoms with Gasteiger partial charge in [0.2, 0.25) is 0 Å². The predicted molar refractivity (Wildman–Crippen MR) is 75.5 cm³/mol. The van der Waals surface area contributed by atoms with Gasteiger partial charge in [0.1, 0.15) is 5.54 Å². The molecular formula is C15H21N2O3. The third kappa shape index (κ3) is 1.89. The summed E-state index contributed by atoms with van der Waals surface area (Å²) in [6.45, 7) is 8.77. The number of rotatable bonds is 2. The molecule has 1 aliphatic heterocycles. The van der Waals surface area contributed by atoms with Crippen molar-refractivity contribution in [2.24, 2.45) is 0 Å². The predicted octanol–water partition coefficient (Wildman–Crippen LogP) is 2.16. The summed E-state index contributed by atoms with van der Waals surface area (Å²) in [5.41, 5.74) is -0.220. The number of aryl methyl sites for hydroxylation is 1. The van der Waals surface area contributed by atoms with Gasteiger partial charge in [-0.3, -0.25) is 4.74 Å². The molecule has 0 aromatic heterocycles. The number of hydrogen-bond donors (Lipinski definition) is 1. The molecule has 1 aromatic rings. The maximum absolute atomic E-state index is 12.4. The minimum Gasteiger partial charge on any atom is -0.715 e. The van der Waals surface area contributed by atoms with Crippen molar-refractivity contribution >= 4 is 5.84 Å². The van der Waals surface area contributed by atoms with Gasteiger partial charge in [0.05, 0.1) is 0 Å². The van der Waals surface area contributed by atoms with Crippen LogP contribution in [0, 0.1) is 12.1 Å². The number of hydrogen-bond acceptors (Lipinski definition) is 3. The van der Waals surface area contributed by atoms with Crippen LogP contribution in [-0.4, -0.2) is 31.8 Å². The first-order valence-electron chi connectivity index (χ1n) is 6.67. The van der Waals surface area contributed by atoms with E-state index in [-0.39, 0.29) is 5.84 Å². The summed E-state index contributed by atoms with van der Waals surface area (Å²) in [6, 6.07) is 7.14. The van der Waals surface area contributed by atoms with E-state index in [1.165, 1.54) is 0 Å². The normalized spacial score (nSPS) is 22.2. The van der Waals surface area contributed by atoms with Crippen molar-refractivity contribution in [1.82, 2.24) is 5.06 Å². The van der Waals surface area contributed by atoms with E-state index in [0.717, 1.165) is 5.56 Å². The highest BCUT2D eigenvalue weighted by molar-refractivity contribution is 5.84. The van der Waals surface area contributed by atoms with Gasteiger partial charge in [0.25, 0.3) is 0 Å². The maximum atomic E-state index is 12.4. The topological polar surface area (TPSA) is 69.4 Å². The second-order valence-electron chi connectivity index (χ2n) is 6.38. The average molecular weight is 277 g/mol. The van der Waals surface area contributed by atoms with E-state index >= 15 is 0 Å². The van der Waals surface area contributed by atoms with Crippen molar-refractivity contribution < 1.29 is 15.1 Å².